The van der Waals surface area contributed by atoms with Crippen LogP contribution < -0.4 is 5.32 Å². The van der Waals surface area contributed by atoms with Gasteiger partial charge >= 0.3 is 0 Å². The van der Waals surface area contributed by atoms with Gasteiger partial charge in [0.05, 0.1) is 11.6 Å². The Balaban J connectivity index is 1.12. The first-order chi connectivity index (χ1) is 22.7. The molecule has 4 unspecified atom stereocenters. The summed E-state index contributed by atoms with van der Waals surface area (Å²) in [6.07, 6.45) is 19.2. The number of rotatable bonds is 5. The molecule has 3 heterocycles. The van der Waals surface area contributed by atoms with Crippen LogP contribution in [0.5, 0.6) is 0 Å². The summed E-state index contributed by atoms with van der Waals surface area (Å²) in [6, 6.07) is 37.3. The van der Waals surface area contributed by atoms with Gasteiger partial charge in [-0.3, -0.25) is 9.98 Å². The predicted molar refractivity (Wildman–Crippen MR) is 190 cm³/mol. The molecule has 5 aromatic rings. The first-order valence-electron chi connectivity index (χ1n) is 16.2. The third-order valence-electron chi connectivity index (χ3n) is 10.1. The van der Waals surface area contributed by atoms with Crippen LogP contribution in [-0.2, 0) is 5.54 Å². The van der Waals surface area contributed by atoms with Crippen LogP contribution in [0.4, 0.5) is 5.69 Å². The van der Waals surface area contributed by atoms with Gasteiger partial charge in [0.1, 0.15) is 0 Å². The van der Waals surface area contributed by atoms with Gasteiger partial charge in [-0.1, -0.05) is 103 Å². The number of aliphatic imine (C=N–C) groups is 1. The summed E-state index contributed by atoms with van der Waals surface area (Å²) < 4.78 is 0. The summed E-state index contributed by atoms with van der Waals surface area (Å²) in [6.45, 7) is 0. The molecule has 4 aliphatic rings. The van der Waals surface area contributed by atoms with E-state index in [1.807, 2.05) is 18.6 Å². The molecule has 3 heteroatoms. The van der Waals surface area contributed by atoms with E-state index in [0.29, 0.717) is 5.92 Å². The Morgan fingerprint density at radius 1 is 0.804 bits per heavy atom. The maximum absolute atomic E-state index is 4.89. The minimum Gasteiger partial charge on any atom is -0.374 e. The molecule has 3 nitrogen and oxygen atoms in total. The van der Waals surface area contributed by atoms with E-state index in [9.17, 15) is 0 Å². The minimum absolute atomic E-state index is 0.0112. The van der Waals surface area contributed by atoms with Crippen molar-refractivity contribution in [1.82, 2.24) is 4.98 Å². The topological polar surface area (TPSA) is 37.3 Å². The zero-order chi connectivity index (χ0) is 30.5. The normalized spacial score (nSPS) is 24.2. The number of allylic oxidation sites excluding steroid dienone is 4. The van der Waals surface area contributed by atoms with E-state index >= 15 is 0 Å². The third-order valence-corrected chi connectivity index (χ3v) is 10.1. The Labute approximate surface area is 269 Å². The second-order valence-electron chi connectivity index (χ2n) is 12.8. The molecule has 4 aromatic carbocycles. The quantitative estimate of drug-likeness (QED) is 0.207. The van der Waals surface area contributed by atoms with Gasteiger partial charge in [0.2, 0.25) is 0 Å². The summed E-state index contributed by atoms with van der Waals surface area (Å²) in [5.41, 5.74) is 14.8. The van der Waals surface area contributed by atoms with Crippen LogP contribution >= 0.6 is 0 Å². The highest BCUT2D eigenvalue weighted by molar-refractivity contribution is 6.03. The lowest BCUT2D eigenvalue weighted by Gasteiger charge is -2.28. The third kappa shape index (κ3) is 4.60. The largest absolute Gasteiger partial charge is 0.374 e. The molecule has 0 bridgehead atoms. The summed E-state index contributed by atoms with van der Waals surface area (Å²) in [4.78, 5) is 9.18. The van der Waals surface area contributed by atoms with Crippen LogP contribution in [0, 0.1) is 5.92 Å². The van der Waals surface area contributed by atoms with E-state index in [0.717, 1.165) is 24.1 Å². The number of pyridine rings is 1. The number of nitrogens with one attached hydrogen (secondary N) is 1. The van der Waals surface area contributed by atoms with Crippen molar-refractivity contribution in [3.05, 3.63) is 185 Å². The van der Waals surface area contributed by atoms with Crippen molar-refractivity contribution in [1.29, 1.82) is 0 Å². The van der Waals surface area contributed by atoms with Gasteiger partial charge in [-0.05, 0) is 87.4 Å². The molecular formula is C43H33N3. The fourth-order valence-electron chi connectivity index (χ4n) is 7.57. The van der Waals surface area contributed by atoms with Crippen molar-refractivity contribution in [2.75, 3.05) is 5.32 Å². The molecule has 1 saturated carbocycles. The molecular weight excluding hydrogens is 558 g/mol. The molecule has 9 rings (SSSR count). The average Bonchev–Trinajstić information content (AvgIpc) is 3.91. The van der Waals surface area contributed by atoms with E-state index in [1.54, 1.807) is 0 Å². The highest BCUT2D eigenvalue weighted by Gasteiger charge is 2.54. The number of aromatic nitrogens is 1. The summed E-state index contributed by atoms with van der Waals surface area (Å²) in [5, 5.41) is 6.42. The Bertz CT molecular complexity index is 2160. The molecule has 1 N–H and O–H groups in total. The number of hydrogen-bond acceptors (Lipinski definition) is 3. The second kappa shape index (κ2) is 10.8. The maximum Gasteiger partial charge on any atom is 0.0926 e. The zero-order valence-corrected chi connectivity index (χ0v) is 25.5. The van der Waals surface area contributed by atoms with Gasteiger partial charge in [-0.2, -0.15) is 0 Å². The number of anilines is 1. The lowest BCUT2D eigenvalue weighted by molar-refractivity contribution is 0.694. The van der Waals surface area contributed by atoms with Crippen molar-refractivity contribution in [2.45, 2.75) is 30.3 Å². The summed E-state index contributed by atoms with van der Waals surface area (Å²) in [7, 11) is 0. The molecule has 0 radical (unpaired) electrons. The van der Waals surface area contributed by atoms with Gasteiger partial charge in [0.25, 0.3) is 0 Å². The van der Waals surface area contributed by atoms with Crippen LogP contribution in [0.15, 0.2) is 162 Å². The molecule has 0 amide bonds. The smallest absolute Gasteiger partial charge is 0.0926 e. The zero-order valence-electron chi connectivity index (χ0n) is 25.5. The highest BCUT2D eigenvalue weighted by atomic mass is 15.0. The molecule has 1 fully saturated rings. The van der Waals surface area contributed by atoms with E-state index in [4.69, 9.17) is 4.99 Å². The van der Waals surface area contributed by atoms with Crippen LogP contribution in [0.3, 0.4) is 0 Å². The van der Waals surface area contributed by atoms with Crippen molar-refractivity contribution in [3.63, 3.8) is 0 Å². The lowest BCUT2D eigenvalue weighted by Crippen LogP contribution is -2.22. The number of hydrogen-bond donors (Lipinski definition) is 1. The fraction of sp³-hybridized carbons (Fsp3) is 0.140. The van der Waals surface area contributed by atoms with Crippen LogP contribution in [0.25, 0.3) is 21.9 Å². The van der Waals surface area contributed by atoms with Crippen molar-refractivity contribution < 1.29 is 0 Å². The molecule has 0 spiro atoms. The van der Waals surface area contributed by atoms with Gasteiger partial charge in [0, 0.05) is 47.3 Å². The van der Waals surface area contributed by atoms with Gasteiger partial charge in [0.15, 0.2) is 0 Å². The number of benzene rings is 4. The van der Waals surface area contributed by atoms with E-state index in [-0.39, 0.29) is 17.5 Å². The lowest BCUT2D eigenvalue weighted by atomic mass is 9.81. The fourth-order valence-corrected chi connectivity index (χ4v) is 7.57. The Kier molecular flexibility index (Phi) is 6.33. The van der Waals surface area contributed by atoms with Crippen molar-refractivity contribution in [3.8, 4) is 0 Å². The van der Waals surface area contributed by atoms with Crippen molar-refractivity contribution in [2.24, 2.45) is 10.9 Å². The Morgan fingerprint density at radius 3 is 2.48 bits per heavy atom. The first kappa shape index (κ1) is 26.9. The first-order valence-corrected chi connectivity index (χ1v) is 16.2. The number of nitrogens with zero attached hydrogens (tertiary/aromatic N) is 2. The molecule has 2 aliphatic carbocycles. The van der Waals surface area contributed by atoms with Crippen LogP contribution in [0.1, 0.15) is 46.6 Å². The monoisotopic (exact) mass is 591 g/mol. The van der Waals surface area contributed by atoms with Crippen molar-refractivity contribution >= 4 is 33.8 Å². The Hall–Kier alpha value is -5.50. The number of fused-ring (bicyclic) bond motifs is 4. The predicted octanol–water partition coefficient (Wildman–Crippen LogP) is 9.67. The highest BCUT2D eigenvalue weighted by Crippen LogP contribution is 2.57. The molecule has 0 saturated heterocycles. The van der Waals surface area contributed by atoms with E-state index in [1.165, 1.54) is 49.7 Å². The molecule has 46 heavy (non-hydrogen) atoms. The molecule has 2 aliphatic heterocycles. The van der Waals surface area contributed by atoms with Gasteiger partial charge in [-0.25, -0.2) is 0 Å². The SMILES string of the molecule is C1=CC(C2=CC(c3ccncc3)=CC(c3ccc(C45CC4C=CC=N5)cc3)C2)Nc2ccc3ccccc3c2C=1c1ccccc1. The average molecular weight is 592 g/mol. The maximum atomic E-state index is 4.89. The molecule has 1 aromatic heterocycles. The summed E-state index contributed by atoms with van der Waals surface area (Å²) in [5.74, 6) is 0.777. The van der Waals surface area contributed by atoms with E-state index < -0.39 is 0 Å². The van der Waals surface area contributed by atoms with Gasteiger partial charge in [-0.15, -0.1) is 5.73 Å². The molecule has 220 valence electrons. The molecule has 4 atom stereocenters. The summed E-state index contributed by atoms with van der Waals surface area (Å²) >= 11 is 0. The minimum atomic E-state index is -0.0433. The van der Waals surface area contributed by atoms with Gasteiger partial charge < -0.3 is 5.32 Å². The standard InChI is InChI=1S/C43H33N3/c1-2-7-31(8-3-1)39-17-19-40(46-41-18-14-32-9-4-5-11-38(32)42(39)41)35-26-33(25-34(27-35)30-20-23-44-24-21-30)29-12-15-36(16-13-29)43-28-37(43)10-6-22-45-43/h1-16,18-25,27,33,37,40,46H,26,28H2. The van der Waals surface area contributed by atoms with Crippen LogP contribution in [0.2, 0.25) is 0 Å². The number of dihydropyridines is 1. The van der Waals surface area contributed by atoms with Crippen LogP contribution in [-0.4, -0.2) is 17.2 Å². The second-order valence-corrected chi connectivity index (χ2v) is 12.8. The Morgan fingerprint density at radius 2 is 1.63 bits per heavy atom. The van der Waals surface area contributed by atoms with E-state index in [2.05, 4.69) is 150 Å².